The zero-order chi connectivity index (χ0) is 14.3. The fourth-order valence-corrected chi connectivity index (χ4v) is 2.63. The van der Waals surface area contributed by atoms with Gasteiger partial charge in [0.2, 0.25) is 5.91 Å². The Morgan fingerprint density at radius 1 is 1.05 bits per heavy atom. The van der Waals surface area contributed by atoms with Crippen LogP contribution in [0.15, 0.2) is 48.5 Å². The maximum atomic E-state index is 13.0. The van der Waals surface area contributed by atoms with E-state index in [0.717, 1.165) is 5.56 Å². The first-order valence-corrected chi connectivity index (χ1v) is 6.45. The molecular formula is C16H14FNO2. The monoisotopic (exact) mass is 271 g/mol. The van der Waals surface area contributed by atoms with Crippen LogP contribution in [-0.2, 0) is 4.79 Å². The van der Waals surface area contributed by atoms with Crippen LogP contribution in [0.25, 0.3) is 0 Å². The molecule has 0 saturated carbocycles. The van der Waals surface area contributed by atoms with E-state index in [0.29, 0.717) is 5.69 Å². The van der Waals surface area contributed by atoms with Gasteiger partial charge in [0, 0.05) is 5.69 Å². The van der Waals surface area contributed by atoms with E-state index in [4.69, 9.17) is 0 Å². The smallest absolute Gasteiger partial charge is 0.232 e. The molecule has 0 aliphatic carbocycles. The number of carbonyl (C=O) groups excluding carboxylic acids is 1. The molecule has 20 heavy (non-hydrogen) atoms. The van der Waals surface area contributed by atoms with Gasteiger partial charge in [-0.3, -0.25) is 4.79 Å². The molecule has 1 N–H and O–H groups in total. The number of hydrogen-bond acceptors (Lipinski definition) is 2. The van der Waals surface area contributed by atoms with E-state index in [-0.39, 0.29) is 29.4 Å². The molecule has 1 aliphatic heterocycles. The Bertz CT molecular complexity index is 637. The van der Waals surface area contributed by atoms with E-state index in [1.54, 1.807) is 41.3 Å². The summed E-state index contributed by atoms with van der Waals surface area (Å²) >= 11 is 0. The van der Waals surface area contributed by atoms with E-state index in [9.17, 15) is 14.3 Å². The number of amides is 1. The lowest BCUT2D eigenvalue weighted by Gasteiger charge is -2.46. The summed E-state index contributed by atoms with van der Waals surface area (Å²) in [5.41, 5.74) is 1.65. The van der Waals surface area contributed by atoms with Crippen molar-refractivity contribution in [2.45, 2.75) is 13.0 Å². The van der Waals surface area contributed by atoms with Crippen molar-refractivity contribution in [3.05, 3.63) is 59.9 Å². The minimum atomic E-state index is -0.323. The SMILES string of the molecule is CC1C(=O)N(c2ccc(F)cc2)C1c1ccc(O)cc1. The van der Waals surface area contributed by atoms with E-state index < -0.39 is 0 Å². The van der Waals surface area contributed by atoms with Gasteiger partial charge in [-0.2, -0.15) is 0 Å². The summed E-state index contributed by atoms with van der Waals surface area (Å²) in [5, 5.41) is 9.34. The maximum Gasteiger partial charge on any atom is 0.232 e. The first-order chi connectivity index (χ1) is 9.58. The molecular weight excluding hydrogens is 257 g/mol. The molecule has 1 fully saturated rings. The third-order valence-electron chi connectivity index (χ3n) is 3.72. The van der Waals surface area contributed by atoms with E-state index in [2.05, 4.69) is 0 Å². The van der Waals surface area contributed by atoms with Gasteiger partial charge in [0.1, 0.15) is 11.6 Å². The van der Waals surface area contributed by atoms with Gasteiger partial charge in [0.15, 0.2) is 0 Å². The number of benzene rings is 2. The Labute approximate surface area is 116 Å². The van der Waals surface area contributed by atoms with Crippen molar-refractivity contribution in [3.8, 4) is 5.75 Å². The number of β-lactam (4-membered cyclic amide) rings is 1. The molecule has 1 heterocycles. The zero-order valence-electron chi connectivity index (χ0n) is 11.0. The van der Waals surface area contributed by atoms with Crippen LogP contribution in [0.1, 0.15) is 18.5 Å². The molecule has 102 valence electrons. The first-order valence-electron chi connectivity index (χ1n) is 6.45. The normalized spacial score (nSPS) is 21.7. The molecule has 1 amide bonds. The summed E-state index contributed by atoms with van der Waals surface area (Å²) in [4.78, 5) is 13.7. The molecule has 3 nitrogen and oxygen atoms in total. The summed E-state index contributed by atoms with van der Waals surface area (Å²) < 4.78 is 13.0. The van der Waals surface area contributed by atoms with Crippen LogP contribution in [0.5, 0.6) is 5.75 Å². The van der Waals surface area contributed by atoms with Crippen LogP contribution in [0, 0.1) is 11.7 Å². The summed E-state index contributed by atoms with van der Waals surface area (Å²) in [6.07, 6.45) is 0. The Hall–Kier alpha value is -2.36. The number of carbonyl (C=O) groups is 1. The third kappa shape index (κ3) is 1.93. The van der Waals surface area contributed by atoms with Gasteiger partial charge < -0.3 is 10.0 Å². The molecule has 0 spiro atoms. The largest absolute Gasteiger partial charge is 0.508 e. The fraction of sp³-hybridized carbons (Fsp3) is 0.188. The molecule has 2 aromatic rings. The second kappa shape index (κ2) is 4.63. The zero-order valence-corrected chi connectivity index (χ0v) is 11.0. The van der Waals surface area contributed by atoms with Gasteiger partial charge in [-0.1, -0.05) is 19.1 Å². The van der Waals surface area contributed by atoms with Gasteiger partial charge in [0.25, 0.3) is 0 Å². The Morgan fingerprint density at radius 2 is 1.65 bits per heavy atom. The second-order valence-electron chi connectivity index (χ2n) is 5.01. The number of phenolic OH excluding ortho intramolecular Hbond substituents is 1. The van der Waals surface area contributed by atoms with Crippen LogP contribution in [0.2, 0.25) is 0 Å². The third-order valence-corrected chi connectivity index (χ3v) is 3.72. The van der Waals surface area contributed by atoms with E-state index >= 15 is 0 Å². The number of halogens is 1. The average Bonchev–Trinajstić information content (AvgIpc) is 2.46. The summed E-state index contributed by atoms with van der Waals surface area (Å²) in [6, 6.07) is 12.6. The van der Waals surface area contributed by atoms with Gasteiger partial charge in [-0.15, -0.1) is 0 Å². The predicted molar refractivity (Wildman–Crippen MR) is 73.9 cm³/mol. The number of anilines is 1. The van der Waals surface area contributed by atoms with Crippen molar-refractivity contribution in [2.24, 2.45) is 5.92 Å². The van der Waals surface area contributed by atoms with Crippen LogP contribution in [0.4, 0.5) is 10.1 Å². The van der Waals surface area contributed by atoms with E-state index in [1.165, 1.54) is 12.1 Å². The highest BCUT2D eigenvalue weighted by atomic mass is 19.1. The summed E-state index contributed by atoms with van der Waals surface area (Å²) in [6.45, 7) is 1.87. The topological polar surface area (TPSA) is 40.5 Å². The maximum absolute atomic E-state index is 13.0. The van der Waals surface area contributed by atoms with Crippen LogP contribution >= 0.6 is 0 Å². The molecule has 2 aromatic carbocycles. The number of phenols is 1. The minimum absolute atomic E-state index is 0.0229. The molecule has 0 bridgehead atoms. The molecule has 2 atom stereocenters. The number of rotatable bonds is 2. The second-order valence-corrected chi connectivity index (χ2v) is 5.01. The number of aromatic hydroxyl groups is 1. The number of nitrogens with zero attached hydrogens (tertiary/aromatic N) is 1. The Balaban J connectivity index is 1.95. The lowest BCUT2D eigenvalue weighted by molar-refractivity contribution is -0.129. The van der Waals surface area contributed by atoms with Crippen molar-refractivity contribution in [1.82, 2.24) is 0 Å². The molecule has 1 saturated heterocycles. The van der Waals surface area contributed by atoms with Crippen molar-refractivity contribution in [1.29, 1.82) is 0 Å². The molecule has 1 aliphatic rings. The molecule has 2 unspecified atom stereocenters. The molecule has 0 aromatic heterocycles. The first kappa shape index (κ1) is 12.7. The van der Waals surface area contributed by atoms with Crippen LogP contribution < -0.4 is 4.90 Å². The van der Waals surface area contributed by atoms with Gasteiger partial charge in [0.05, 0.1) is 12.0 Å². The predicted octanol–water partition coefficient (Wildman–Crippen LogP) is 3.26. The minimum Gasteiger partial charge on any atom is -0.508 e. The van der Waals surface area contributed by atoms with Crippen molar-refractivity contribution in [3.63, 3.8) is 0 Å². The van der Waals surface area contributed by atoms with Gasteiger partial charge >= 0.3 is 0 Å². The molecule has 3 rings (SSSR count). The van der Waals surface area contributed by atoms with Crippen molar-refractivity contribution < 1.29 is 14.3 Å². The highest BCUT2D eigenvalue weighted by Crippen LogP contribution is 2.43. The van der Waals surface area contributed by atoms with Crippen LogP contribution in [-0.4, -0.2) is 11.0 Å². The molecule has 0 radical (unpaired) electrons. The van der Waals surface area contributed by atoms with E-state index in [1.807, 2.05) is 6.92 Å². The van der Waals surface area contributed by atoms with Gasteiger partial charge in [-0.25, -0.2) is 4.39 Å². The lowest BCUT2D eigenvalue weighted by Crippen LogP contribution is -2.54. The fourth-order valence-electron chi connectivity index (χ4n) is 2.63. The molecule has 4 heteroatoms. The van der Waals surface area contributed by atoms with Crippen molar-refractivity contribution in [2.75, 3.05) is 4.90 Å². The van der Waals surface area contributed by atoms with Gasteiger partial charge in [-0.05, 0) is 42.0 Å². The van der Waals surface area contributed by atoms with Crippen molar-refractivity contribution >= 4 is 11.6 Å². The Kier molecular flexibility index (Phi) is 2.93. The Morgan fingerprint density at radius 3 is 2.25 bits per heavy atom. The summed E-state index contributed by atoms with van der Waals surface area (Å²) in [7, 11) is 0. The summed E-state index contributed by atoms with van der Waals surface area (Å²) in [5.74, 6) is -0.226. The highest BCUT2D eigenvalue weighted by Gasteiger charge is 2.45. The standard InChI is InChI=1S/C16H14FNO2/c1-10-15(11-2-8-14(19)9-3-11)18(16(10)20)13-6-4-12(17)5-7-13/h2-10,15,19H,1H3. The van der Waals surface area contributed by atoms with Crippen LogP contribution in [0.3, 0.4) is 0 Å². The lowest BCUT2D eigenvalue weighted by atomic mass is 9.83. The quantitative estimate of drug-likeness (QED) is 0.852. The highest BCUT2D eigenvalue weighted by molar-refractivity contribution is 6.02. The average molecular weight is 271 g/mol. The number of hydrogen-bond donors (Lipinski definition) is 1.